The molecule has 158 valence electrons. The number of allylic oxidation sites excluding steroid dienone is 2. The second-order valence-corrected chi connectivity index (χ2v) is 7.59. The smallest absolute Gasteiger partial charge is 0.471 e. The number of carboxylic acids is 1. The number of carbonyl (C=O) groups excluding carboxylic acids is 2. The molecule has 10 heteroatoms. The largest absolute Gasteiger partial charge is 0.511 e. The van der Waals surface area contributed by atoms with Crippen molar-refractivity contribution in [2.75, 3.05) is 6.54 Å². The van der Waals surface area contributed by atoms with Gasteiger partial charge in [-0.15, -0.1) is 0 Å². The lowest BCUT2D eigenvalue weighted by molar-refractivity contribution is -0.175. The number of amides is 1. The molecule has 0 saturated heterocycles. The Morgan fingerprint density at radius 1 is 1.25 bits per heavy atom. The number of Topliss-reactive ketones (excluding diaryl/α,β-unsaturated/α-hetero) is 1. The zero-order valence-corrected chi connectivity index (χ0v) is 16.0. The van der Waals surface area contributed by atoms with Gasteiger partial charge in [0.15, 0.2) is 5.78 Å². The van der Waals surface area contributed by atoms with Crippen molar-refractivity contribution in [3.05, 3.63) is 11.3 Å². The summed E-state index contributed by atoms with van der Waals surface area (Å²) in [6, 6.07) is -1.65. The molecule has 1 aliphatic rings. The fourth-order valence-electron chi connectivity index (χ4n) is 2.98. The second kappa shape index (κ2) is 9.20. The first-order valence-electron chi connectivity index (χ1n) is 8.82. The molecule has 3 N–H and O–H groups in total. The Morgan fingerprint density at radius 3 is 2.36 bits per heavy atom. The van der Waals surface area contributed by atoms with Crippen LogP contribution in [0.1, 0.15) is 52.9 Å². The minimum absolute atomic E-state index is 0.0108. The quantitative estimate of drug-likeness (QED) is 0.423. The van der Waals surface area contributed by atoms with Crippen LogP contribution in [0.3, 0.4) is 0 Å². The molecule has 1 aliphatic carbocycles. The number of alkyl halides is 3. The number of aliphatic carboxylic acids is 1. The number of rotatable bonds is 8. The molecule has 7 nitrogen and oxygen atoms in total. The topological polar surface area (TPSA) is 116 Å². The second-order valence-electron chi connectivity index (χ2n) is 7.59. The van der Waals surface area contributed by atoms with E-state index in [9.17, 15) is 32.7 Å². The van der Waals surface area contributed by atoms with E-state index in [1.165, 1.54) is 5.32 Å². The maximum atomic E-state index is 12.2. The first kappa shape index (κ1) is 23.6. The van der Waals surface area contributed by atoms with Crippen LogP contribution in [0.25, 0.3) is 0 Å². The molecule has 0 aromatic carbocycles. The van der Waals surface area contributed by atoms with Crippen molar-refractivity contribution in [1.29, 1.82) is 0 Å². The van der Waals surface area contributed by atoms with E-state index in [1.807, 2.05) is 13.8 Å². The Balaban J connectivity index is 2.57. The average molecular weight is 406 g/mol. The standard InChI is InChI=1S/C18H25F3N2O5/c1-10(14-12(24)8-17(2,3)9-13(14)25)22-7-5-4-6-11(15(26)27)23-16(28)18(19,20)21/h11,24H,4-9H2,1-3H3,(H,23,28)(H,26,27)/t11-/m0/s1. The van der Waals surface area contributed by atoms with Gasteiger partial charge in [0, 0.05) is 25.1 Å². The molecule has 0 heterocycles. The van der Waals surface area contributed by atoms with Gasteiger partial charge in [0.25, 0.3) is 0 Å². The van der Waals surface area contributed by atoms with Gasteiger partial charge in [0.1, 0.15) is 11.8 Å². The molecule has 0 radical (unpaired) electrons. The molecule has 0 aromatic heterocycles. The van der Waals surface area contributed by atoms with Gasteiger partial charge >= 0.3 is 18.1 Å². The predicted octanol–water partition coefficient (Wildman–Crippen LogP) is 2.95. The number of hydrogen-bond acceptors (Lipinski definition) is 5. The third-order valence-electron chi connectivity index (χ3n) is 4.33. The predicted molar refractivity (Wildman–Crippen MR) is 95.1 cm³/mol. The molecule has 0 unspecified atom stereocenters. The van der Waals surface area contributed by atoms with E-state index in [0.717, 1.165) is 0 Å². The number of nitrogens with one attached hydrogen (secondary N) is 1. The van der Waals surface area contributed by atoms with E-state index in [1.54, 1.807) is 6.92 Å². The van der Waals surface area contributed by atoms with E-state index < -0.39 is 24.1 Å². The van der Waals surface area contributed by atoms with Gasteiger partial charge in [-0.25, -0.2) is 4.79 Å². The minimum Gasteiger partial charge on any atom is -0.511 e. The number of halogens is 3. The summed E-state index contributed by atoms with van der Waals surface area (Å²) >= 11 is 0. The van der Waals surface area contributed by atoms with Crippen LogP contribution in [0.2, 0.25) is 0 Å². The van der Waals surface area contributed by atoms with Crippen molar-refractivity contribution >= 4 is 23.4 Å². The average Bonchev–Trinajstić information content (AvgIpc) is 2.49. The molecular formula is C18H25F3N2O5. The summed E-state index contributed by atoms with van der Waals surface area (Å²) in [6.07, 6.45) is -4.13. The number of unbranched alkanes of at least 4 members (excludes halogenated alkanes) is 1. The summed E-state index contributed by atoms with van der Waals surface area (Å²) in [5, 5.41) is 20.5. The van der Waals surface area contributed by atoms with Crippen LogP contribution in [0, 0.1) is 5.41 Å². The number of carboxylic acid groups (broad SMARTS) is 1. The van der Waals surface area contributed by atoms with Gasteiger partial charge in [-0.2, -0.15) is 13.2 Å². The Kier molecular flexibility index (Phi) is 7.77. The normalized spacial score (nSPS) is 18.8. The van der Waals surface area contributed by atoms with Crippen molar-refractivity contribution in [2.45, 2.75) is 65.1 Å². The van der Waals surface area contributed by atoms with Gasteiger partial charge in [-0.1, -0.05) is 13.8 Å². The lowest BCUT2D eigenvalue weighted by Gasteiger charge is -2.29. The SMILES string of the molecule is CC(=NCCCC[C@H](NC(=O)C(F)(F)F)C(=O)O)C1=C(O)CC(C)(C)CC1=O. The highest BCUT2D eigenvalue weighted by molar-refractivity contribution is 6.22. The van der Waals surface area contributed by atoms with Gasteiger partial charge in [-0.3, -0.25) is 14.6 Å². The summed E-state index contributed by atoms with van der Waals surface area (Å²) in [4.78, 5) is 38.2. The molecule has 0 saturated carbocycles. The van der Waals surface area contributed by atoms with E-state index in [2.05, 4.69) is 4.99 Å². The van der Waals surface area contributed by atoms with E-state index >= 15 is 0 Å². The number of nitrogens with zero attached hydrogens (tertiary/aromatic N) is 1. The van der Waals surface area contributed by atoms with Crippen LogP contribution in [0.4, 0.5) is 13.2 Å². The fourth-order valence-corrected chi connectivity index (χ4v) is 2.98. The number of carbonyl (C=O) groups is 3. The maximum Gasteiger partial charge on any atom is 0.471 e. The molecule has 0 aromatic rings. The summed E-state index contributed by atoms with van der Waals surface area (Å²) in [6.45, 7) is 5.55. The molecule has 1 amide bonds. The molecule has 1 atom stereocenters. The van der Waals surface area contributed by atoms with E-state index in [4.69, 9.17) is 5.11 Å². The van der Waals surface area contributed by atoms with Crippen molar-refractivity contribution in [2.24, 2.45) is 10.4 Å². The van der Waals surface area contributed by atoms with Crippen molar-refractivity contribution in [3.63, 3.8) is 0 Å². The zero-order valence-electron chi connectivity index (χ0n) is 16.0. The molecule has 1 rings (SSSR count). The van der Waals surface area contributed by atoms with Gasteiger partial charge in [0.05, 0.1) is 5.57 Å². The lowest BCUT2D eigenvalue weighted by Crippen LogP contribution is -2.46. The van der Waals surface area contributed by atoms with Crippen LogP contribution >= 0.6 is 0 Å². The van der Waals surface area contributed by atoms with Crippen molar-refractivity contribution in [3.8, 4) is 0 Å². The number of aliphatic hydroxyl groups is 1. The lowest BCUT2D eigenvalue weighted by atomic mass is 9.76. The Morgan fingerprint density at radius 2 is 1.86 bits per heavy atom. The molecule has 0 bridgehead atoms. The number of aliphatic imine (C=N–C) groups is 1. The summed E-state index contributed by atoms with van der Waals surface area (Å²) < 4.78 is 36.7. The highest BCUT2D eigenvalue weighted by atomic mass is 19.4. The van der Waals surface area contributed by atoms with Gasteiger partial charge in [-0.05, 0) is 31.6 Å². The highest BCUT2D eigenvalue weighted by Gasteiger charge is 2.40. The summed E-state index contributed by atoms with van der Waals surface area (Å²) in [5.41, 5.74) is 0.246. The van der Waals surface area contributed by atoms with Crippen molar-refractivity contribution in [1.82, 2.24) is 5.32 Å². The first-order valence-corrected chi connectivity index (χ1v) is 8.82. The highest BCUT2D eigenvalue weighted by Crippen LogP contribution is 2.36. The van der Waals surface area contributed by atoms with Gasteiger partial charge < -0.3 is 15.5 Å². The fraction of sp³-hybridized carbons (Fsp3) is 0.667. The van der Waals surface area contributed by atoms with Crippen LogP contribution in [-0.2, 0) is 14.4 Å². The molecule has 0 spiro atoms. The van der Waals surface area contributed by atoms with E-state index in [0.29, 0.717) is 25.0 Å². The maximum absolute atomic E-state index is 12.2. The molecular weight excluding hydrogens is 381 g/mol. The first-order chi connectivity index (χ1) is 12.7. The Hall–Kier alpha value is -2.39. The Bertz CT molecular complexity index is 696. The van der Waals surface area contributed by atoms with Crippen LogP contribution in [0.5, 0.6) is 0 Å². The summed E-state index contributed by atoms with van der Waals surface area (Å²) in [7, 11) is 0. The number of ketones is 1. The van der Waals surface area contributed by atoms with Crippen LogP contribution < -0.4 is 5.32 Å². The number of hydrogen-bond donors (Lipinski definition) is 3. The van der Waals surface area contributed by atoms with Crippen LogP contribution in [-0.4, -0.2) is 52.3 Å². The number of aliphatic hydroxyl groups excluding tert-OH is 1. The van der Waals surface area contributed by atoms with E-state index in [-0.39, 0.29) is 41.9 Å². The summed E-state index contributed by atoms with van der Waals surface area (Å²) in [5.74, 6) is -4.06. The molecule has 0 aliphatic heterocycles. The minimum atomic E-state index is -5.15. The third-order valence-corrected chi connectivity index (χ3v) is 4.33. The third kappa shape index (κ3) is 6.97. The molecule has 28 heavy (non-hydrogen) atoms. The molecule has 0 fully saturated rings. The van der Waals surface area contributed by atoms with Crippen molar-refractivity contribution < 1.29 is 37.8 Å². The Labute approximate surface area is 160 Å². The zero-order chi connectivity index (χ0) is 21.7. The monoisotopic (exact) mass is 406 g/mol. The van der Waals surface area contributed by atoms with Crippen LogP contribution in [0.15, 0.2) is 16.3 Å². The van der Waals surface area contributed by atoms with Gasteiger partial charge in [0.2, 0.25) is 0 Å².